The number of nitrogens with zero attached hydrogens (tertiary/aromatic N) is 2. The fourth-order valence-electron chi connectivity index (χ4n) is 2.89. The fourth-order valence-corrected chi connectivity index (χ4v) is 3.11. The quantitative estimate of drug-likeness (QED) is 0.574. The molecule has 2 aromatic rings. The van der Waals surface area contributed by atoms with E-state index >= 15 is 0 Å². The van der Waals surface area contributed by atoms with E-state index in [2.05, 4.69) is 4.74 Å². The first kappa shape index (κ1) is 20.8. The summed E-state index contributed by atoms with van der Waals surface area (Å²) < 4.78 is 85.3. The van der Waals surface area contributed by atoms with Gasteiger partial charge in [-0.1, -0.05) is 23.7 Å². The maximum atomic E-state index is 13.9. The molecule has 0 bridgehead atoms. The van der Waals surface area contributed by atoms with Gasteiger partial charge in [0.15, 0.2) is 0 Å². The number of anilines is 1. The Kier molecular flexibility index (Phi) is 4.91. The Labute approximate surface area is 164 Å². The van der Waals surface area contributed by atoms with Gasteiger partial charge < -0.3 is 4.74 Å². The van der Waals surface area contributed by atoms with Crippen molar-refractivity contribution in [3.63, 3.8) is 0 Å². The molecule has 0 spiro atoms. The van der Waals surface area contributed by atoms with Crippen LogP contribution in [0.2, 0.25) is 5.02 Å². The van der Waals surface area contributed by atoms with E-state index in [1.165, 1.54) is 12.1 Å². The van der Waals surface area contributed by atoms with Crippen LogP contribution in [0.15, 0.2) is 42.5 Å². The Morgan fingerprint density at radius 1 is 1.10 bits per heavy atom. The first-order valence-electron chi connectivity index (χ1n) is 7.84. The van der Waals surface area contributed by atoms with E-state index < -0.39 is 41.7 Å². The zero-order chi connectivity index (χ0) is 21.6. The molecular formula is C18H9ClF6N2O2. The number of ether oxygens (including phenoxy) is 1. The third-order valence-electron chi connectivity index (χ3n) is 4.36. The van der Waals surface area contributed by atoms with Crippen LogP contribution in [0.1, 0.15) is 16.7 Å². The molecule has 0 radical (unpaired) electrons. The average Bonchev–Trinajstić information content (AvgIpc) is 3.00. The van der Waals surface area contributed by atoms with Gasteiger partial charge in [-0.3, -0.25) is 4.90 Å². The van der Waals surface area contributed by atoms with Gasteiger partial charge in [0.05, 0.1) is 22.7 Å². The molecule has 1 aliphatic heterocycles. The summed E-state index contributed by atoms with van der Waals surface area (Å²) >= 11 is 5.86. The predicted molar refractivity (Wildman–Crippen MR) is 89.2 cm³/mol. The zero-order valence-electron chi connectivity index (χ0n) is 14.1. The highest BCUT2D eigenvalue weighted by Gasteiger charge is 2.65. The predicted octanol–water partition coefficient (Wildman–Crippen LogP) is 5.64. The number of hydrogen-bond donors (Lipinski definition) is 0. The number of benzene rings is 2. The number of halogens is 7. The van der Waals surface area contributed by atoms with Crippen LogP contribution in [-0.4, -0.2) is 18.8 Å². The number of alkyl halides is 6. The average molecular weight is 435 g/mol. The molecule has 1 fully saturated rings. The van der Waals surface area contributed by atoms with Crippen molar-refractivity contribution in [2.45, 2.75) is 18.0 Å². The van der Waals surface area contributed by atoms with Gasteiger partial charge in [0.1, 0.15) is 6.07 Å². The molecule has 29 heavy (non-hydrogen) atoms. The number of hydrogen-bond acceptors (Lipinski definition) is 3. The molecule has 0 N–H and O–H groups in total. The molecule has 3 rings (SSSR count). The van der Waals surface area contributed by atoms with Crippen LogP contribution in [-0.2, 0) is 16.5 Å². The zero-order valence-corrected chi connectivity index (χ0v) is 14.9. The van der Waals surface area contributed by atoms with Gasteiger partial charge in [-0.15, -0.1) is 0 Å². The molecule has 1 atom stereocenters. The van der Waals surface area contributed by atoms with Crippen molar-refractivity contribution in [2.75, 3.05) is 11.4 Å². The fraction of sp³-hybridized carbons (Fsp3) is 0.222. The minimum atomic E-state index is -5.21. The van der Waals surface area contributed by atoms with E-state index in [1.807, 2.05) is 0 Å². The Bertz CT molecular complexity index is 1010. The molecule has 152 valence electrons. The Morgan fingerprint density at radius 2 is 1.79 bits per heavy atom. The van der Waals surface area contributed by atoms with Crippen LogP contribution in [0.25, 0.3) is 0 Å². The van der Waals surface area contributed by atoms with E-state index in [1.54, 1.807) is 6.07 Å². The summed E-state index contributed by atoms with van der Waals surface area (Å²) in [6.07, 6.45) is -11.5. The molecule has 2 aromatic carbocycles. The standard InChI is InChI=1S/C18H9ClF6N2O2/c19-14-7-13(5-4-10(14)8-26)27-9-16(18(23,24)25,29-15(27)28)11-2-1-3-12(6-11)17(20,21)22/h1-7H,9H2. The first-order valence-corrected chi connectivity index (χ1v) is 8.21. The largest absolute Gasteiger partial charge is 0.434 e. The Balaban J connectivity index is 2.09. The van der Waals surface area contributed by atoms with Crippen molar-refractivity contribution in [3.8, 4) is 6.07 Å². The van der Waals surface area contributed by atoms with Gasteiger partial charge in [-0.25, -0.2) is 4.79 Å². The van der Waals surface area contributed by atoms with Crippen LogP contribution in [0.4, 0.5) is 36.8 Å². The molecule has 1 unspecified atom stereocenters. The SMILES string of the molecule is N#Cc1ccc(N2CC(c3cccc(C(F)(F)F)c3)(C(F)(F)F)OC2=O)cc1Cl. The number of carbonyl (C=O) groups is 1. The summed E-state index contributed by atoms with van der Waals surface area (Å²) in [6, 6.07) is 7.77. The highest BCUT2D eigenvalue weighted by molar-refractivity contribution is 6.32. The first-order chi connectivity index (χ1) is 13.4. The normalized spacial score (nSPS) is 19.8. The van der Waals surface area contributed by atoms with Crippen LogP contribution in [0, 0.1) is 11.3 Å². The van der Waals surface area contributed by atoms with Crippen molar-refractivity contribution in [1.29, 1.82) is 5.26 Å². The number of amides is 1. The monoisotopic (exact) mass is 434 g/mol. The summed E-state index contributed by atoms with van der Waals surface area (Å²) in [6.45, 7) is -1.13. The molecule has 0 saturated carbocycles. The lowest BCUT2D eigenvalue weighted by Gasteiger charge is -2.30. The summed E-state index contributed by atoms with van der Waals surface area (Å²) in [5.41, 5.74) is -5.56. The van der Waals surface area contributed by atoms with Crippen LogP contribution < -0.4 is 4.90 Å². The van der Waals surface area contributed by atoms with Crippen molar-refractivity contribution in [3.05, 3.63) is 64.2 Å². The third kappa shape index (κ3) is 3.58. The van der Waals surface area contributed by atoms with Gasteiger partial charge in [-0.05, 0) is 30.3 Å². The van der Waals surface area contributed by atoms with Crippen molar-refractivity contribution in [1.82, 2.24) is 0 Å². The molecular weight excluding hydrogens is 426 g/mol. The third-order valence-corrected chi connectivity index (χ3v) is 4.67. The Hall–Kier alpha value is -2.93. The summed E-state index contributed by atoms with van der Waals surface area (Å²) in [7, 11) is 0. The van der Waals surface area contributed by atoms with Gasteiger partial charge >= 0.3 is 18.4 Å². The highest BCUT2D eigenvalue weighted by Crippen LogP contribution is 2.48. The number of rotatable bonds is 2. The molecule has 1 saturated heterocycles. The van der Waals surface area contributed by atoms with E-state index in [0.29, 0.717) is 17.0 Å². The van der Waals surface area contributed by atoms with Gasteiger partial charge in [-0.2, -0.15) is 31.6 Å². The van der Waals surface area contributed by atoms with Gasteiger partial charge in [0.25, 0.3) is 5.60 Å². The molecule has 0 aliphatic carbocycles. The van der Waals surface area contributed by atoms with E-state index in [0.717, 1.165) is 18.2 Å². The van der Waals surface area contributed by atoms with E-state index in [9.17, 15) is 31.1 Å². The minimum absolute atomic E-state index is 0.0305. The molecule has 1 heterocycles. The molecule has 1 amide bonds. The summed E-state index contributed by atoms with van der Waals surface area (Å²) in [4.78, 5) is 12.8. The maximum Gasteiger partial charge on any atom is 0.434 e. The summed E-state index contributed by atoms with van der Waals surface area (Å²) in [5.74, 6) is 0. The minimum Gasteiger partial charge on any atom is -0.426 e. The van der Waals surface area contributed by atoms with E-state index in [4.69, 9.17) is 16.9 Å². The number of cyclic esters (lactones) is 1. The second-order valence-corrected chi connectivity index (χ2v) is 6.54. The molecule has 4 nitrogen and oxygen atoms in total. The number of nitriles is 1. The van der Waals surface area contributed by atoms with Crippen molar-refractivity contribution in [2.24, 2.45) is 0 Å². The number of carbonyl (C=O) groups excluding carboxylic acids is 1. The van der Waals surface area contributed by atoms with Crippen molar-refractivity contribution >= 4 is 23.4 Å². The van der Waals surface area contributed by atoms with E-state index in [-0.39, 0.29) is 16.3 Å². The van der Waals surface area contributed by atoms with Gasteiger partial charge in [0.2, 0.25) is 0 Å². The van der Waals surface area contributed by atoms with Crippen LogP contribution in [0.5, 0.6) is 0 Å². The smallest absolute Gasteiger partial charge is 0.426 e. The Morgan fingerprint density at radius 3 is 2.34 bits per heavy atom. The molecule has 11 heteroatoms. The van der Waals surface area contributed by atoms with Crippen molar-refractivity contribution < 1.29 is 35.9 Å². The second-order valence-electron chi connectivity index (χ2n) is 6.13. The molecule has 0 aromatic heterocycles. The lowest BCUT2D eigenvalue weighted by atomic mass is 9.91. The van der Waals surface area contributed by atoms with Crippen LogP contribution >= 0.6 is 11.6 Å². The van der Waals surface area contributed by atoms with Crippen LogP contribution in [0.3, 0.4) is 0 Å². The molecule has 1 aliphatic rings. The summed E-state index contributed by atoms with van der Waals surface area (Å²) in [5, 5.41) is 8.77. The highest BCUT2D eigenvalue weighted by atomic mass is 35.5. The lowest BCUT2D eigenvalue weighted by molar-refractivity contribution is -0.250. The maximum absolute atomic E-state index is 13.9. The lowest BCUT2D eigenvalue weighted by Crippen LogP contribution is -2.46. The topological polar surface area (TPSA) is 53.3 Å². The second kappa shape index (κ2) is 6.84. The van der Waals surface area contributed by atoms with Gasteiger partial charge in [0, 0.05) is 11.3 Å².